The fraction of sp³-hybridized carbons (Fsp3) is 0.818. The second-order valence-electron chi connectivity index (χ2n) is 4.50. The number of hydrogen-bond donors (Lipinski definition) is 2. The third-order valence-electron chi connectivity index (χ3n) is 2.92. The van der Waals surface area contributed by atoms with Crippen LogP contribution in [0.1, 0.15) is 12.8 Å². The molecule has 0 aliphatic carbocycles. The first kappa shape index (κ1) is 16.9. The SMILES string of the molecule is O=C(O)C1CCN(C(=O)NCCSCC(F)(F)F)CC1. The van der Waals surface area contributed by atoms with Crippen molar-refractivity contribution in [1.29, 1.82) is 0 Å². The lowest BCUT2D eigenvalue weighted by atomic mass is 9.97. The third-order valence-corrected chi connectivity index (χ3v) is 3.94. The molecule has 1 heterocycles. The van der Waals surface area contributed by atoms with Crippen molar-refractivity contribution >= 4 is 23.8 Å². The average Bonchev–Trinajstić information content (AvgIpc) is 2.37. The van der Waals surface area contributed by atoms with Gasteiger partial charge in [-0.05, 0) is 12.8 Å². The minimum absolute atomic E-state index is 0.165. The predicted octanol–water partition coefficient (Wildman–Crippen LogP) is 1.79. The molecule has 116 valence electrons. The van der Waals surface area contributed by atoms with Gasteiger partial charge >= 0.3 is 18.2 Å². The number of likely N-dealkylation sites (tertiary alicyclic amines) is 1. The number of amides is 2. The maximum Gasteiger partial charge on any atom is 0.397 e. The molecular formula is C11H17F3N2O3S. The van der Waals surface area contributed by atoms with Crippen molar-refractivity contribution in [2.75, 3.05) is 31.1 Å². The van der Waals surface area contributed by atoms with Gasteiger partial charge in [-0.15, -0.1) is 0 Å². The molecule has 0 radical (unpaired) electrons. The van der Waals surface area contributed by atoms with Crippen molar-refractivity contribution in [2.45, 2.75) is 19.0 Å². The largest absolute Gasteiger partial charge is 0.481 e. The molecule has 0 spiro atoms. The summed E-state index contributed by atoms with van der Waals surface area (Å²) in [6.07, 6.45) is -3.37. The fourth-order valence-electron chi connectivity index (χ4n) is 1.86. The molecule has 0 aromatic rings. The predicted molar refractivity (Wildman–Crippen MR) is 68.7 cm³/mol. The van der Waals surface area contributed by atoms with Crippen LogP contribution in [-0.4, -0.2) is 59.3 Å². The first-order valence-electron chi connectivity index (χ1n) is 6.19. The molecule has 0 aromatic heterocycles. The summed E-state index contributed by atoms with van der Waals surface area (Å²) in [6, 6.07) is -0.346. The van der Waals surface area contributed by atoms with E-state index < -0.39 is 23.8 Å². The maximum absolute atomic E-state index is 11.9. The highest BCUT2D eigenvalue weighted by molar-refractivity contribution is 7.99. The summed E-state index contributed by atoms with van der Waals surface area (Å²) in [5.74, 6) is -2.00. The van der Waals surface area contributed by atoms with E-state index in [0.29, 0.717) is 25.9 Å². The van der Waals surface area contributed by atoms with Crippen LogP contribution in [0, 0.1) is 5.92 Å². The van der Waals surface area contributed by atoms with Crippen LogP contribution < -0.4 is 5.32 Å². The molecule has 1 rings (SSSR count). The molecule has 0 aromatic carbocycles. The van der Waals surface area contributed by atoms with E-state index >= 15 is 0 Å². The van der Waals surface area contributed by atoms with Gasteiger partial charge in [-0.3, -0.25) is 4.79 Å². The Kier molecular flexibility index (Phi) is 6.44. The highest BCUT2D eigenvalue weighted by atomic mass is 32.2. The Balaban J connectivity index is 2.13. The summed E-state index contributed by atoms with van der Waals surface area (Å²) in [5.41, 5.74) is 0. The molecule has 2 N–H and O–H groups in total. The van der Waals surface area contributed by atoms with E-state index in [-0.39, 0.29) is 18.3 Å². The van der Waals surface area contributed by atoms with E-state index in [2.05, 4.69) is 5.32 Å². The molecular weight excluding hydrogens is 297 g/mol. The number of thioether (sulfide) groups is 1. The van der Waals surface area contributed by atoms with Gasteiger partial charge in [0, 0.05) is 25.4 Å². The van der Waals surface area contributed by atoms with Gasteiger partial charge in [0.15, 0.2) is 0 Å². The Morgan fingerprint density at radius 3 is 2.40 bits per heavy atom. The molecule has 1 aliphatic rings. The number of urea groups is 1. The van der Waals surface area contributed by atoms with Crippen LogP contribution in [0.2, 0.25) is 0 Å². The van der Waals surface area contributed by atoms with Crippen LogP contribution in [0.3, 0.4) is 0 Å². The van der Waals surface area contributed by atoms with Gasteiger partial charge in [0.25, 0.3) is 0 Å². The molecule has 0 bridgehead atoms. The quantitative estimate of drug-likeness (QED) is 0.759. The highest BCUT2D eigenvalue weighted by Crippen LogP contribution is 2.20. The minimum Gasteiger partial charge on any atom is -0.481 e. The van der Waals surface area contributed by atoms with Gasteiger partial charge in [0.05, 0.1) is 11.7 Å². The molecule has 0 unspecified atom stereocenters. The number of carboxylic acid groups (broad SMARTS) is 1. The minimum atomic E-state index is -4.19. The molecule has 5 nitrogen and oxygen atoms in total. The number of halogens is 3. The number of piperidine rings is 1. The van der Waals surface area contributed by atoms with Crippen LogP contribution in [0.4, 0.5) is 18.0 Å². The number of nitrogens with zero attached hydrogens (tertiary/aromatic N) is 1. The number of nitrogens with one attached hydrogen (secondary N) is 1. The van der Waals surface area contributed by atoms with E-state index in [0.717, 1.165) is 11.8 Å². The van der Waals surface area contributed by atoms with E-state index in [1.165, 1.54) is 4.90 Å². The first-order valence-corrected chi connectivity index (χ1v) is 7.35. The smallest absolute Gasteiger partial charge is 0.397 e. The van der Waals surface area contributed by atoms with Crippen molar-refractivity contribution < 1.29 is 27.9 Å². The second kappa shape index (κ2) is 7.61. The Labute approximate surface area is 118 Å². The van der Waals surface area contributed by atoms with Gasteiger partial charge < -0.3 is 15.3 Å². The molecule has 2 amide bonds. The Morgan fingerprint density at radius 1 is 1.30 bits per heavy atom. The van der Waals surface area contributed by atoms with Gasteiger partial charge in [0.1, 0.15) is 0 Å². The van der Waals surface area contributed by atoms with Crippen LogP contribution in [0.15, 0.2) is 0 Å². The van der Waals surface area contributed by atoms with Gasteiger partial charge in [0.2, 0.25) is 0 Å². The molecule has 1 fully saturated rings. The van der Waals surface area contributed by atoms with Gasteiger partial charge in [-0.25, -0.2) is 4.79 Å². The van der Waals surface area contributed by atoms with E-state index in [9.17, 15) is 22.8 Å². The average molecular weight is 314 g/mol. The Bertz CT molecular complexity index is 344. The molecule has 20 heavy (non-hydrogen) atoms. The summed E-state index contributed by atoms with van der Waals surface area (Å²) in [5, 5.41) is 11.3. The molecule has 9 heteroatoms. The number of carbonyl (C=O) groups excluding carboxylic acids is 1. The maximum atomic E-state index is 11.9. The highest BCUT2D eigenvalue weighted by Gasteiger charge is 2.28. The van der Waals surface area contributed by atoms with Crippen molar-refractivity contribution in [2.24, 2.45) is 5.92 Å². The number of carboxylic acids is 1. The second-order valence-corrected chi connectivity index (χ2v) is 5.60. The lowest BCUT2D eigenvalue weighted by Gasteiger charge is -2.30. The van der Waals surface area contributed by atoms with Crippen LogP contribution in [0.25, 0.3) is 0 Å². The number of hydrogen-bond acceptors (Lipinski definition) is 3. The van der Waals surface area contributed by atoms with Crippen LogP contribution in [0.5, 0.6) is 0 Å². The van der Waals surface area contributed by atoms with Crippen LogP contribution >= 0.6 is 11.8 Å². The Hall–Kier alpha value is -1.12. The third kappa shape index (κ3) is 6.36. The fourth-order valence-corrected chi connectivity index (χ4v) is 2.48. The standard InChI is InChI=1S/C11H17F3N2O3S/c12-11(13,14)7-20-6-3-15-10(19)16-4-1-8(2-5-16)9(17)18/h8H,1-7H2,(H,15,19)(H,17,18). The lowest BCUT2D eigenvalue weighted by molar-refractivity contribution is -0.143. The molecule has 1 aliphatic heterocycles. The number of alkyl halides is 3. The van der Waals surface area contributed by atoms with Crippen molar-refractivity contribution in [3.05, 3.63) is 0 Å². The normalized spacial score (nSPS) is 17.1. The van der Waals surface area contributed by atoms with Crippen molar-refractivity contribution in [3.63, 3.8) is 0 Å². The number of carbonyl (C=O) groups is 2. The summed E-state index contributed by atoms with van der Waals surface area (Å²) < 4.78 is 35.6. The van der Waals surface area contributed by atoms with Crippen molar-refractivity contribution in [1.82, 2.24) is 10.2 Å². The summed E-state index contributed by atoms with van der Waals surface area (Å²) in [4.78, 5) is 23.9. The molecule has 0 saturated carbocycles. The first-order chi connectivity index (χ1) is 9.29. The molecule has 0 atom stereocenters. The number of aliphatic carboxylic acids is 1. The number of rotatable bonds is 5. The van der Waals surface area contributed by atoms with E-state index in [4.69, 9.17) is 5.11 Å². The monoisotopic (exact) mass is 314 g/mol. The Morgan fingerprint density at radius 2 is 1.90 bits per heavy atom. The summed E-state index contributed by atoms with van der Waals surface area (Å²) in [7, 11) is 0. The van der Waals surface area contributed by atoms with Gasteiger partial charge in [-0.1, -0.05) is 0 Å². The van der Waals surface area contributed by atoms with Crippen molar-refractivity contribution in [3.8, 4) is 0 Å². The topological polar surface area (TPSA) is 69.6 Å². The zero-order valence-corrected chi connectivity index (χ0v) is 11.6. The zero-order valence-electron chi connectivity index (χ0n) is 10.8. The van der Waals surface area contributed by atoms with Gasteiger partial charge in [-0.2, -0.15) is 24.9 Å². The van der Waals surface area contributed by atoms with Crippen LogP contribution in [-0.2, 0) is 4.79 Å². The van der Waals surface area contributed by atoms with E-state index in [1.54, 1.807) is 0 Å². The summed E-state index contributed by atoms with van der Waals surface area (Å²) in [6.45, 7) is 0.884. The zero-order chi connectivity index (χ0) is 15.2. The summed E-state index contributed by atoms with van der Waals surface area (Å²) >= 11 is 0.717. The van der Waals surface area contributed by atoms with E-state index in [1.807, 2.05) is 0 Å². The lowest BCUT2D eigenvalue weighted by Crippen LogP contribution is -2.46. The molecule has 1 saturated heterocycles.